The fraction of sp³-hybridized carbons (Fsp3) is 0.471. The molecular formula is C17H21NO3S. The Morgan fingerprint density at radius 3 is 2.45 bits per heavy atom. The van der Waals surface area contributed by atoms with Crippen molar-refractivity contribution >= 4 is 15.8 Å². The van der Waals surface area contributed by atoms with Crippen LogP contribution in [0.4, 0.5) is 0 Å². The second-order valence-corrected chi connectivity index (χ2v) is 8.79. The molecule has 2 aliphatic rings. The van der Waals surface area contributed by atoms with E-state index >= 15 is 0 Å². The van der Waals surface area contributed by atoms with Crippen LogP contribution in [0.25, 0.3) is 0 Å². The molecule has 118 valence electrons. The minimum atomic E-state index is -3.50. The molecule has 0 amide bonds. The maximum atomic E-state index is 12.8. The van der Waals surface area contributed by atoms with Crippen LogP contribution in [-0.2, 0) is 14.8 Å². The zero-order valence-corrected chi connectivity index (χ0v) is 14.0. The van der Waals surface area contributed by atoms with Crippen LogP contribution in [0, 0.1) is 18.3 Å². The molecule has 4 nitrogen and oxygen atoms in total. The van der Waals surface area contributed by atoms with E-state index in [2.05, 4.69) is 0 Å². The number of carbonyl (C=O) groups is 1. The molecule has 1 saturated heterocycles. The summed E-state index contributed by atoms with van der Waals surface area (Å²) in [7, 11) is -3.50. The first-order valence-electron chi connectivity index (χ1n) is 7.50. The SMILES string of the molecule is CC1=CC(=O)C[C@]2(C)CN(S(=O)(=O)c3ccc(C)cc3)C[C@H]12. The maximum absolute atomic E-state index is 12.8. The Kier molecular flexibility index (Phi) is 3.53. The zero-order valence-electron chi connectivity index (χ0n) is 13.2. The fourth-order valence-electron chi connectivity index (χ4n) is 3.72. The van der Waals surface area contributed by atoms with Gasteiger partial charge in [0, 0.05) is 25.4 Å². The highest BCUT2D eigenvalue weighted by molar-refractivity contribution is 7.89. The summed E-state index contributed by atoms with van der Waals surface area (Å²) in [6, 6.07) is 6.93. The van der Waals surface area contributed by atoms with Gasteiger partial charge in [-0.1, -0.05) is 30.2 Å². The number of hydrogen-bond acceptors (Lipinski definition) is 3. The number of nitrogens with zero attached hydrogens (tertiary/aromatic N) is 1. The Hall–Kier alpha value is -1.46. The highest BCUT2D eigenvalue weighted by Gasteiger charge is 2.50. The summed E-state index contributed by atoms with van der Waals surface area (Å²) in [5.41, 5.74) is 1.75. The zero-order chi connectivity index (χ0) is 16.1. The Labute approximate surface area is 131 Å². The second-order valence-electron chi connectivity index (χ2n) is 6.85. The van der Waals surface area contributed by atoms with E-state index in [1.54, 1.807) is 18.2 Å². The molecule has 2 atom stereocenters. The Morgan fingerprint density at radius 2 is 1.82 bits per heavy atom. The van der Waals surface area contributed by atoms with Crippen molar-refractivity contribution in [3.05, 3.63) is 41.5 Å². The monoisotopic (exact) mass is 319 g/mol. The molecule has 1 fully saturated rings. The van der Waals surface area contributed by atoms with E-state index in [-0.39, 0.29) is 17.1 Å². The van der Waals surface area contributed by atoms with Crippen molar-refractivity contribution in [1.82, 2.24) is 4.31 Å². The van der Waals surface area contributed by atoms with Gasteiger partial charge in [-0.15, -0.1) is 0 Å². The molecule has 3 rings (SSSR count). The molecule has 22 heavy (non-hydrogen) atoms. The van der Waals surface area contributed by atoms with E-state index in [1.807, 2.05) is 32.9 Å². The van der Waals surface area contributed by atoms with E-state index in [0.717, 1.165) is 11.1 Å². The van der Waals surface area contributed by atoms with Crippen LogP contribution < -0.4 is 0 Å². The third kappa shape index (κ3) is 2.42. The van der Waals surface area contributed by atoms with Gasteiger partial charge in [0.2, 0.25) is 10.0 Å². The predicted molar refractivity (Wildman–Crippen MR) is 84.9 cm³/mol. The smallest absolute Gasteiger partial charge is 0.243 e. The van der Waals surface area contributed by atoms with Gasteiger partial charge < -0.3 is 0 Å². The van der Waals surface area contributed by atoms with Crippen molar-refractivity contribution in [2.24, 2.45) is 11.3 Å². The summed E-state index contributed by atoms with van der Waals surface area (Å²) >= 11 is 0. The Morgan fingerprint density at radius 1 is 1.18 bits per heavy atom. The number of aryl methyl sites for hydroxylation is 1. The number of sulfonamides is 1. The third-order valence-corrected chi connectivity index (χ3v) is 6.77. The van der Waals surface area contributed by atoms with Crippen molar-refractivity contribution in [2.45, 2.75) is 32.1 Å². The third-order valence-electron chi connectivity index (χ3n) is 4.94. The lowest BCUT2D eigenvalue weighted by Crippen LogP contribution is -2.34. The van der Waals surface area contributed by atoms with Crippen molar-refractivity contribution in [3.63, 3.8) is 0 Å². The molecule has 1 aromatic carbocycles. The standard InChI is InChI=1S/C17H21NO3S/c1-12-4-6-15(7-5-12)22(20,21)18-10-16-13(2)8-14(19)9-17(16,3)11-18/h4-8,16H,9-11H2,1-3H3/t16-,17-/m1/s1. The number of allylic oxidation sites excluding steroid dienone is 1. The first kappa shape index (κ1) is 15.4. The fourth-order valence-corrected chi connectivity index (χ4v) is 5.31. The van der Waals surface area contributed by atoms with Gasteiger partial charge in [-0.2, -0.15) is 4.31 Å². The molecule has 1 aliphatic carbocycles. The number of fused-ring (bicyclic) bond motifs is 1. The quantitative estimate of drug-likeness (QED) is 0.842. The van der Waals surface area contributed by atoms with Gasteiger partial charge in [-0.05, 0) is 37.5 Å². The molecule has 1 heterocycles. The Bertz CT molecular complexity index is 749. The summed E-state index contributed by atoms with van der Waals surface area (Å²) in [5, 5.41) is 0. The summed E-state index contributed by atoms with van der Waals surface area (Å²) in [6.45, 7) is 6.76. The van der Waals surface area contributed by atoms with Crippen molar-refractivity contribution in [2.75, 3.05) is 13.1 Å². The van der Waals surface area contributed by atoms with Crippen LogP contribution in [0.5, 0.6) is 0 Å². The molecule has 0 radical (unpaired) electrons. The van der Waals surface area contributed by atoms with E-state index in [4.69, 9.17) is 0 Å². The van der Waals surface area contributed by atoms with Gasteiger partial charge >= 0.3 is 0 Å². The van der Waals surface area contributed by atoms with Crippen LogP contribution in [0.2, 0.25) is 0 Å². The van der Waals surface area contributed by atoms with Crippen LogP contribution >= 0.6 is 0 Å². The average Bonchev–Trinajstić information content (AvgIpc) is 2.77. The normalized spacial score (nSPS) is 29.3. The van der Waals surface area contributed by atoms with Crippen LogP contribution in [0.3, 0.4) is 0 Å². The van der Waals surface area contributed by atoms with E-state index in [0.29, 0.717) is 24.4 Å². The van der Waals surface area contributed by atoms with Gasteiger partial charge in [0.1, 0.15) is 0 Å². The summed E-state index contributed by atoms with van der Waals surface area (Å²) in [5.74, 6) is 0.233. The van der Waals surface area contributed by atoms with E-state index < -0.39 is 10.0 Å². The summed E-state index contributed by atoms with van der Waals surface area (Å²) in [4.78, 5) is 12.2. The highest BCUT2D eigenvalue weighted by Crippen LogP contribution is 2.47. The lowest BCUT2D eigenvalue weighted by molar-refractivity contribution is -0.117. The average molecular weight is 319 g/mol. The van der Waals surface area contributed by atoms with Gasteiger partial charge in [0.25, 0.3) is 0 Å². The second kappa shape index (κ2) is 5.03. The van der Waals surface area contributed by atoms with E-state index in [9.17, 15) is 13.2 Å². The molecule has 0 bridgehead atoms. The van der Waals surface area contributed by atoms with E-state index in [1.165, 1.54) is 4.31 Å². The topological polar surface area (TPSA) is 54.5 Å². The number of ketones is 1. The number of rotatable bonds is 2. The first-order valence-corrected chi connectivity index (χ1v) is 8.94. The van der Waals surface area contributed by atoms with Gasteiger partial charge in [-0.25, -0.2) is 8.42 Å². The van der Waals surface area contributed by atoms with Gasteiger partial charge in [0.15, 0.2) is 5.78 Å². The highest BCUT2D eigenvalue weighted by atomic mass is 32.2. The molecule has 0 N–H and O–H groups in total. The Balaban J connectivity index is 1.94. The van der Waals surface area contributed by atoms with Crippen molar-refractivity contribution < 1.29 is 13.2 Å². The van der Waals surface area contributed by atoms with Crippen LogP contribution in [0.15, 0.2) is 40.8 Å². The summed E-state index contributed by atoms with van der Waals surface area (Å²) < 4.78 is 27.2. The largest absolute Gasteiger partial charge is 0.295 e. The molecular weight excluding hydrogens is 298 g/mol. The van der Waals surface area contributed by atoms with Crippen LogP contribution in [-0.4, -0.2) is 31.6 Å². The lowest BCUT2D eigenvalue weighted by atomic mass is 9.69. The number of hydrogen-bond donors (Lipinski definition) is 0. The first-order chi connectivity index (χ1) is 10.2. The molecule has 1 aromatic rings. The molecule has 0 unspecified atom stereocenters. The van der Waals surface area contributed by atoms with Gasteiger partial charge in [0.05, 0.1) is 4.90 Å². The molecule has 0 spiro atoms. The lowest BCUT2D eigenvalue weighted by Gasteiger charge is -2.33. The van der Waals surface area contributed by atoms with Crippen molar-refractivity contribution in [3.8, 4) is 0 Å². The molecule has 1 aliphatic heterocycles. The molecule has 5 heteroatoms. The summed E-state index contributed by atoms with van der Waals surface area (Å²) in [6.07, 6.45) is 2.10. The molecule has 0 aromatic heterocycles. The maximum Gasteiger partial charge on any atom is 0.243 e. The van der Waals surface area contributed by atoms with Gasteiger partial charge in [-0.3, -0.25) is 4.79 Å². The minimum absolute atomic E-state index is 0.103. The number of benzene rings is 1. The minimum Gasteiger partial charge on any atom is -0.295 e. The van der Waals surface area contributed by atoms with Crippen LogP contribution in [0.1, 0.15) is 25.8 Å². The molecule has 0 saturated carbocycles. The predicted octanol–water partition coefficient (Wildman–Crippen LogP) is 2.54. The van der Waals surface area contributed by atoms with Crippen molar-refractivity contribution in [1.29, 1.82) is 0 Å². The number of carbonyl (C=O) groups excluding carboxylic acids is 1.